The van der Waals surface area contributed by atoms with Gasteiger partial charge < -0.3 is 24.0 Å². The van der Waals surface area contributed by atoms with Crippen molar-refractivity contribution in [2.24, 2.45) is 5.92 Å². The summed E-state index contributed by atoms with van der Waals surface area (Å²) in [5.41, 5.74) is 0.951. The van der Waals surface area contributed by atoms with Crippen LogP contribution in [0.2, 0.25) is 0 Å². The van der Waals surface area contributed by atoms with E-state index < -0.39 is 0 Å². The molecule has 0 radical (unpaired) electrons. The van der Waals surface area contributed by atoms with Crippen molar-refractivity contribution in [1.29, 1.82) is 0 Å². The number of para-hydroxylation sites is 1. The minimum atomic E-state index is 0.173. The van der Waals surface area contributed by atoms with Crippen LogP contribution in [0.15, 0.2) is 24.3 Å². The molecule has 0 spiro atoms. The summed E-state index contributed by atoms with van der Waals surface area (Å²) in [4.78, 5) is 17.7. The van der Waals surface area contributed by atoms with Gasteiger partial charge in [-0.05, 0) is 50.8 Å². The Morgan fingerprint density at radius 1 is 1.17 bits per heavy atom. The highest BCUT2D eigenvalue weighted by molar-refractivity contribution is 5.79. The van der Waals surface area contributed by atoms with Gasteiger partial charge in [-0.3, -0.25) is 4.79 Å². The molecule has 0 aromatic heterocycles. The van der Waals surface area contributed by atoms with Crippen LogP contribution in [0.4, 0.5) is 0 Å². The molecule has 2 heterocycles. The molecule has 1 aromatic rings. The SMILES string of the molecule is COCCN1CCC(CN(C[C@@H]2CCCO2)C(=O)Cc2ccccc2OC)CC1. The zero-order chi connectivity index (χ0) is 20.5. The molecule has 6 heteroatoms. The number of nitrogens with zero attached hydrogens (tertiary/aromatic N) is 2. The quantitative estimate of drug-likeness (QED) is 0.600. The van der Waals surface area contributed by atoms with Gasteiger partial charge in [0.05, 0.1) is 26.2 Å². The minimum absolute atomic E-state index is 0.173. The fourth-order valence-corrected chi connectivity index (χ4v) is 4.36. The largest absolute Gasteiger partial charge is 0.496 e. The maximum absolute atomic E-state index is 13.2. The lowest BCUT2D eigenvalue weighted by atomic mass is 9.95. The Balaban J connectivity index is 1.59. The predicted molar refractivity (Wildman–Crippen MR) is 113 cm³/mol. The van der Waals surface area contributed by atoms with Gasteiger partial charge in [-0.25, -0.2) is 0 Å². The number of rotatable bonds is 10. The first-order valence-electron chi connectivity index (χ1n) is 10.9. The summed E-state index contributed by atoms with van der Waals surface area (Å²) in [6, 6.07) is 7.80. The van der Waals surface area contributed by atoms with E-state index in [0.29, 0.717) is 18.9 Å². The normalized spacial score (nSPS) is 20.7. The van der Waals surface area contributed by atoms with Crippen LogP contribution < -0.4 is 4.74 Å². The summed E-state index contributed by atoms with van der Waals surface area (Å²) in [6.45, 7) is 6.30. The summed E-state index contributed by atoms with van der Waals surface area (Å²) in [5.74, 6) is 1.51. The Labute approximate surface area is 175 Å². The number of likely N-dealkylation sites (tertiary alicyclic amines) is 1. The average Bonchev–Trinajstić information content (AvgIpc) is 3.26. The molecule has 6 nitrogen and oxygen atoms in total. The molecule has 0 saturated carbocycles. The van der Waals surface area contributed by atoms with Crippen LogP contribution in [0.1, 0.15) is 31.2 Å². The first kappa shape index (κ1) is 22.1. The molecule has 0 bridgehead atoms. The van der Waals surface area contributed by atoms with E-state index in [-0.39, 0.29) is 12.0 Å². The third-order valence-corrected chi connectivity index (χ3v) is 6.13. The van der Waals surface area contributed by atoms with E-state index in [9.17, 15) is 4.79 Å². The number of ether oxygens (including phenoxy) is 3. The highest BCUT2D eigenvalue weighted by Crippen LogP contribution is 2.23. The summed E-state index contributed by atoms with van der Waals surface area (Å²) >= 11 is 0. The number of carbonyl (C=O) groups excluding carboxylic acids is 1. The zero-order valence-corrected chi connectivity index (χ0v) is 18.0. The Kier molecular flexibility index (Phi) is 8.77. The third kappa shape index (κ3) is 6.69. The molecule has 0 aliphatic carbocycles. The first-order valence-corrected chi connectivity index (χ1v) is 10.9. The fraction of sp³-hybridized carbons (Fsp3) is 0.696. The van der Waals surface area contributed by atoms with E-state index in [0.717, 1.165) is 76.4 Å². The summed E-state index contributed by atoms with van der Waals surface area (Å²) in [5, 5.41) is 0. The van der Waals surface area contributed by atoms with Crippen molar-refractivity contribution in [2.45, 2.75) is 38.2 Å². The van der Waals surface area contributed by atoms with Crippen molar-refractivity contribution in [2.75, 3.05) is 60.2 Å². The van der Waals surface area contributed by atoms with Gasteiger partial charge in [-0.1, -0.05) is 18.2 Å². The summed E-state index contributed by atoms with van der Waals surface area (Å²) in [6.07, 6.45) is 4.97. The second-order valence-electron chi connectivity index (χ2n) is 8.20. The zero-order valence-electron chi connectivity index (χ0n) is 18.0. The van der Waals surface area contributed by atoms with Crippen LogP contribution in [0, 0.1) is 5.92 Å². The number of amides is 1. The van der Waals surface area contributed by atoms with Gasteiger partial charge in [0.2, 0.25) is 5.91 Å². The topological polar surface area (TPSA) is 51.2 Å². The van der Waals surface area contributed by atoms with Crippen LogP contribution in [0.3, 0.4) is 0 Å². The van der Waals surface area contributed by atoms with Crippen LogP contribution in [-0.4, -0.2) is 82.0 Å². The fourth-order valence-electron chi connectivity index (χ4n) is 4.36. The number of piperidine rings is 1. The summed E-state index contributed by atoms with van der Waals surface area (Å²) < 4.78 is 16.5. The van der Waals surface area contributed by atoms with Gasteiger partial charge in [-0.2, -0.15) is 0 Å². The molecule has 0 unspecified atom stereocenters. The van der Waals surface area contributed by atoms with Gasteiger partial charge >= 0.3 is 0 Å². The molecule has 3 rings (SSSR count). The second-order valence-corrected chi connectivity index (χ2v) is 8.20. The maximum atomic E-state index is 13.2. The molecule has 2 saturated heterocycles. The minimum Gasteiger partial charge on any atom is -0.496 e. The lowest BCUT2D eigenvalue weighted by molar-refractivity contribution is -0.133. The number of hydrogen-bond acceptors (Lipinski definition) is 5. The van der Waals surface area contributed by atoms with Crippen LogP contribution in [-0.2, 0) is 20.7 Å². The molecule has 1 amide bonds. The second kappa shape index (κ2) is 11.5. The predicted octanol–water partition coefficient (Wildman–Crippen LogP) is 2.60. The van der Waals surface area contributed by atoms with Gasteiger partial charge in [0.15, 0.2) is 0 Å². The average molecular weight is 405 g/mol. The smallest absolute Gasteiger partial charge is 0.227 e. The van der Waals surface area contributed by atoms with Gasteiger partial charge in [-0.15, -0.1) is 0 Å². The lowest BCUT2D eigenvalue weighted by Gasteiger charge is -2.35. The molecule has 2 fully saturated rings. The van der Waals surface area contributed by atoms with Crippen molar-refractivity contribution in [3.8, 4) is 5.75 Å². The number of benzene rings is 1. The molecule has 1 atom stereocenters. The molecule has 29 heavy (non-hydrogen) atoms. The number of methoxy groups -OCH3 is 2. The molecular formula is C23H36N2O4. The standard InChI is InChI=1S/C23H36N2O4/c1-27-15-13-24-11-9-19(10-12-24)17-25(18-21-7-5-14-29-21)23(26)16-20-6-3-4-8-22(20)28-2/h3-4,6,8,19,21H,5,7,9-18H2,1-2H3/t21-/m0/s1. The van der Waals surface area contributed by atoms with Crippen molar-refractivity contribution < 1.29 is 19.0 Å². The maximum Gasteiger partial charge on any atom is 0.227 e. The number of hydrogen-bond donors (Lipinski definition) is 0. The molecule has 162 valence electrons. The Morgan fingerprint density at radius 2 is 1.97 bits per heavy atom. The van der Waals surface area contributed by atoms with E-state index in [1.165, 1.54) is 0 Å². The van der Waals surface area contributed by atoms with Gasteiger partial charge in [0.25, 0.3) is 0 Å². The van der Waals surface area contributed by atoms with Crippen LogP contribution in [0.5, 0.6) is 5.75 Å². The van der Waals surface area contributed by atoms with Crippen molar-refractivity contribution in [1.82, 2.24) is 9.80 Å². The van der Waals surface area contributed by atoms with Gasteiger partial charge in [0, 0.05) is 38.9 Å². The van der Waals surface area contributed by atoms with E-state index in [1.807, 2.05) is 24.3 Å². The van der Waals surface area contributed by atoms with E-state index in [2.05, 4.69) is 9.80 Å². The Morgan fingerprint density at radius 3 is 2.66 bits per heavy atom. The van der Waals surface area contributed by atoms with Crippen LogP contribution >= 0.6 is 0 Å². The van der Waals surface area contributed by atoms with E-state index >= 15 is 0 Å². The summed E-state index contributed by atoms with van der Waals surface area (Å²) in [7, 11) is 3.41. The van der Waals surface area contributed by atoms with Crippen LogP contribution in [0.25, 0.3) is 0 Å². The highest BCUT2D eigenvalue weighted by Gasteiger charge is 2.27. The van der Waals surface area contributed by atoms with E-state index in [4.69, 9.17) is 14.2 Å². The third-order valence-electron chi connectivity index (χ3n) is 6.13. The molecule has 2 aliphatic rings. The highest BCUT2D eigenvalue weighted by atomic mass is 16.5. The Hall–Kier alpha value is -1.63. The number of carbonyl (C=O) groups is 1. The molecular weight excluding hydrogens is 368 g/mol. The molecule has 1 aromatic carbocycles. The van der Waals surface area contributed by atoms with Crippen molar-refractivity contribution in [3.05, 3.63) is 29.8 Å². The lowest BCUT2D eigenvalue weighted by Crippen LogP contribution is -2.44. The van der Waals surface area contributed by atoms with Crippen molar-refractivity contribution >= 4 is 5.91 Å². The van der Waals surface area contributed by atoms with Crippen molar-refractivity contribution in [3.63, 3.8) is 0 Å². The van der Waals surface area contributed by atoms with E-state index in [1.54, 1.807) is 14.2 Å². The van der Waals surface area contributed by atoms with Gasteiger partial charge in [0.1, 0.15) is 5.75 Å². The first-order chi connectivity index (χ1) is 14.2. The molecule has 2 aliphatic heterocycles. The Bertz CT molecular complexity index is 625. The molecule has 0 N–H and O–H groups in total. The monoisotopic (exact) mass is 404 g/mol.